The minimum Gasteiger partial charge on any atom is -0.438 e. The predicted molar refractivity (Wildman–Crippen MR) is 137 cm³/mol. The molecule has 2 saturated carbocycles. The topological polar surface area (TPSA) is 185 Å². The number of nitrogens with zero attached hydrogens (tertiary/aromatic N) is 3. The van der Waals surface area contributed by atoms with Gasteiger partial charge in [0.1, 0.15) is 41.9 Å². The van der Waals surface area contributed by atoms with Gasteiger partial charge in [-0.05, 0) is 31.7 Å². The molecule has 5 rings (SSSR count). The van der Waals surface area contributed by atoms with Crippen molar-refractivity contribution in [3.05, 3.63) is 23.0 Å². The molecule has 0 aromatic carbocycles. The first-order valence-corrected chi connectivity index (χ1v) is 14.9. The number of hydrogen-bond acceptors (Lipinski definition) is 11. The minimum absolute atomic E-state index is 0.000116. The third-order valence-electron chi connectivity index (χ3n) is 7.15. The van der Waals surface area contributed by atoms with Gasteiger partial charge in [-0.2, -0.15) is 5.26 Å². The number of carbonyl (C=O) groups excluding carboxylic acids is 1. The van der Waals surface area contributed by atoms with Gasteiger partial charge >= 0.3 is 13.6 Å². The second kappa shape index (κ2) is 11.7. The number of esters is 1. The number of aromatic nitrogens is 2. The van der Waals surface area contributed by atoms with Crippen LogP contribution in [0, 0.1) is 17.2 Å². The zero-order valence-corrected chi connectivity index (χ0v) is 22.6. The van der Waals surface area contributed by atoms with Crippen molar-refractivity contribution >= 4 is 41.9 Å². The Kier molecular flexibility index (Phi) is 8.47. The predicted octanol–water partition coefficient (Wildman–Crippen LogP) is 2.62. The third-order valence-corrected chi connectivity index (χ3v) is 8.44. The van der Waals surface area contributed by atoms with Gasteiger partial charge in [-0.25, -0.2) is 4.98 Å². The van der Waals surface area contributed by atoms with Crippen molar-refractivity contribution in [3.8, 4) is 6.07 Å². The highest BCUT2D eigenvalue weighted by Crippen LogP contribution is 2.43. The van der Waals surface area contributed by atoms with E-state index in [0.29, 0.717) is 16.7 Å². The number of carbonyl (C=O) groups is 1. The summed E-state index contributed by atoms with van der Waals surface area (Å²) >= 11 is 6.36. The summed E-state index contributed by atoms with van der Waals surface area (Å²) in [5.41, 5.74) is 1.14. The molecule has 0 amide bonds. The monoisotopic (exact) mass is 584 g/mol. The van der Waals surface area contributed by atoms with Gasteiger partial charge in [-0.3, -0.25) is 13.9 Å². The van der Waals surface area contributed by atoms with Crippen LogP contribution < -0.4 is 5.32 Å². The van der Waals surface area contributed by atoms with E-state index in [9.17, 15) is 29.7 Å². The summed E-state index contributed by atoms with van der Waals surface area (Å²) in [6, 6.07) is 4.05. The number of aliphatic hydroxyl groups excluding tert-OH is 2. The Bertz CT molecular complexity index is 1310. The van der Waals surface area contributed by atoms with E-state index in [-0.39, 0.29) is 29.3 Å². The summed E-state index contributed by atoms with van der Waals surface area (Å²) in [5.74, 6) is -0.646. The molecule has 4 N–H and O–H groups in total. The third kappa shape index (κ3) is 6.24. The molecule has 2 aromatic heterocycles. The Morgan fingerprint density at radius 3 is 2.72 bits per heavy atom. The molecule has 39 heavy (non-hydrogen) atoms. The van der Waals surface area contributed by atoms with E-state index in [1.807, 2.05) is 0 Å². The van der Waals surface area contributed by atoms with Crippen LogP contribution in [-0.2, 0) is 28.1 Å². The molecule has 15 heteroatoms. The molecular formula is C24H30ClN4O9P. The van der Waals surface area contributed by atoms with E-state index in [2.05, 4.69) is 16.4 Å². The van der Waals surface area contributed by atoms with Gasteiger partial charge in [0.05, 0.1) is 18.2 Å². The highest BCUT2D eigenvalue weighted by Gasteiger charge is 2.44. The summed E-state index contributed by atoms with van der Waals surface area (Å²) in [7, 11) is -4.24. The summed E-state index contributed by atoms with van der Waals surface area (Å²) in [4.78, 5) is 25.8. The molecule has 0 spiro atoms. The van der Waals surface area contributed by atoms with Crippen molar-refractivity contribution in [2.24, 2.45) is 5.92 Å². The lowest BCUT2D eigenvalue weighted by Gasteiger charge is -2.19. The Hall–Kier alpha value is -2.27. The summed E-state index contributed by atoms with van der Waals surface area (Å²) in [5, 5.41) is 35.1. The van der Waals surface area contributed by atoms with Gasteiger partial charge in [0.15, 0.2) is 11.4 Å². The normalized spacial score (nSPS) is 26.9. The van der Waals surface area contributed by atoms with Crippen molar-refractivity contribution in [1.82, 2.24) is 9.55 Å². The van der Waals surface area contributed by atoms with Crippen LogP contribution in [0.3, 0.4) is 0 Å². The van der Waals surface area contributed by atoms with Crippen LogP contribution in [0.4, 0.5) is 5.69 Å². The average Bonchev–Trinajstić information content (AvgIpc) is 3.37. The van der Waals surface area contributed by atoms with Crippen LogP contribution in [-0.4, -0.2) is 74.7 Å². The zero-order valence-electron chi connectivity index (χ0n) is 20.9. The molecule has 13 nitrogen and oxygen atoms in total. The fourth-order valence-electron chi connectivity index (χ4n) is 4.89. The van der Waals surface area contributed by atoms with Gasteiger partial charge in [0.2, 0.25) is 6.79 Å². The average molecular weight is 585 g/mol. The molecule has 3 heterocycles. The lowest BCUT2D eigenvalue weighted by molar-refractivity contribution is -0.152. The maximum absolute atomic E-state index is 12.1. The largest absolute Gasteiger partial charge is 0.438 e. The molecule has 1 aliphatic heterocycles. The zero-order chi connectivity index (χ0) is 27.7. The Balaban J connectivity index is 1.24. The first-order chi connectivity index (χ1) is 18.7. The second-order valence-corrected chi connectivity index (χ2v) is 12.2. The summed E-state index contributed by atoms with van der Waals surface area (Å²) < 4.78 is 34.3. The van der Waals surface area contributed by atoms with Gasteiger partial charge < -0.3 is 39.2 Å². The number of fused-ring (bicyclic) bond motifs is 1. The first kappa shape index (κ1) is 28.3. The van der Waals surface area contributed by atoms with Crippen LogP contribution >= 0.6 is 19.2 Å². The van der Waals surface area contributed by atoms with E-state index in [0.717, 1.165) is 38.5 Å². The van der Waals surface area contributed by atoms with E-state index < -0.39 is 51.2 Å². The number of rotatable bonds is 11. The Labute approximate surface area is 229 Å². The minimum atomic E-state index is -4.24. The fourth-order valence-corrected chi connectivity index (χ4v) is 5.74. The Morgan fingerprint density at radius 1 is 1.28 bits per heavy atom. The molecule has 1 unspecified atom stereocenters. The molecule has 212 valence electrons. The van der Waals surface area contributed by atoms with Crippen molar-refractivity contribution in [2.45, 2.75) is 69.1 Å². The van der Waals surface area contributed by atoms with Crippen LogP contribution in [0.5, 0.6) is 0 Å². The Morgan fingerprint density at radius 2 is 2.03 bits per heavy atom. The van der Waals surface area contributed by atoms with Crippen LogP contribution in [0.15, 0.2) is 12.3 Å². The summed E-state index contributed by atoms with van der Waals surface area (Å²) in [6.45, 7) is -0.998. The van der Waals surface area contributed by atoms with E-state index in [1.165, 1.54) is 4.57 Å². The molecule has 1 saturated heterocycles. The van der Waals surface area contributed by atoms with Gasteiger partial charge in [-0.15, -0.1) is 0 Å². The molecule has 5 atom stereocenters. The number of ether oxygens (including phenoxy) is 3. The number of hydrogen-bond donors (Lipinski definition) is 4. The van der Waals surface area contributed by atoms with E-state index in [4.69, 9.17) is 30.3 Å². The van der Waals surface area contributed by atoms with Gasteiger partial charge in [0.25, 0.3) is 0 Å². The smallest absolute Gasteiger partial charge is 0.356 e. The lowest BCUT2D eigenvalue weighted by atomic mass is 10.1. The molecule has 0 radical (unpaired) electrons. The van der Waals surface area contributed by atoms with Crippen LogP contribution in [0.1, 0.15) is 50.3 Å². The van der Waals surface area contributed by atoms with Crippen molar-refractivity contribution in [1.29, 1.82) is 5.26 Å². The van der Waals surface area contributed by atoms with Crippen molar-refractivity contribution in [3.63, 3.8) is 0 Å². The van der Waals surface area contributed by atoms with Gasteiger partial charge in [-0.1, -0.05) is 24.4 Å². The second-order valence-electron chi connectivity index (χ2n) is 10.0. The highest BCUT2D eigenvalue weighted by molar-refractivity contribution is 7.52. The number of nitrogens with one attached hydrogen (secondary N) is 1. The standard InChI is InChI=1S/C24H30ClN4O9P/c25-21-16(9-26)18(27-14-3-1-2-4-14)15-7-8-29(22(15)28-21)23-20(31)19(30)17(38-23)10-35-12-39(33,34)37-11-36-24(32)13-5-6-13/h7-8,13-14,17,19-20,23,30-31H,1-6,10-12H2,(H,27,28)(H,33,34)/t17-,19-,20-,23-/m1/s1. The number of aliphatic hydroxyl groups is 2. The highest BCUT2D eigenvalue weighted by atomic mass is 35.5. The first-order valence-electron chi connectivity index (χ1n) is 12.8. The number of nitriles is 1. The van der Waals surface area contributed by atoms with E-state index in [1.54, 1.807) is 12.3 Å². The molecule has 0 bridgehead atoms. The molecule has 3 fully saturated rings. The van der Waals surface area contributed by atoms with Crippen LogP contribution in [0.25, 0.3) is 11.0 Å². The fraction of sp³-hybridized carbons (Fsp3) is 0.625. The molecular weight excluding hydrogens is 555 g/mol. The number of halogens is 1. The quantitative estimate of drug-likeness (QED) is 0.131. The van der Waals surface area contributed by atoms with Crippen LogP contribution in [0.2, 0.25) is 5.15 Å². The molecule has 2 aromatic rings. The van der Waals surface area contributed by atoms with E-state index >= 15 is 0 Å². The molecule has 2 aliphatic carbocycles. The number of pyridine rings is 1. The van der Waals surface area contributed by atoms with Crippen molar-refractivity contribution in [2.75, 3.05) is 25.1 Å². The maximum atomic E-state index is 12.1. The molecule has 3 aliphatic rings. The SMILES string of the molecule is N#Cc1c(Cl)nc2c(ccn2[C@@H]2O[C@H](COCP(=O)(O)OCOC(=O)C3CC3)[C@@H](O)[C@H]2O)c1NC1CCCC1. The summed E-state index contributed by atoms with van der Waals surface area (Å²) in [6.07, 6.45) is 1.62. The lowest BCUT2D eigenvalue weighted by Crippen LogP contribution is -2.34. The number of anilines is 1. The van der Waals surface area contributed by atoms with Gasteiger partial charge in [0, 0.05) is 17.6 Å². The maximum Gasteiger partial charge on any atom is 0.356 e. The van der Waals surface area contributed by atoms with Crippen molar-refractivity contribution < 1.29 is 43.2 Å².